The molecule has 0 spiro atoms. The van der Waals surface area contributed by atoms with Crippen LogP contribution < -0.4 is 15.8 Å². The Bertz CT molecular complexity index is 604. The molecule has 1 heterocycles. The zero-order valence-corrected chi connectivity index (χ0v) is 14.0. The first-order chi connectivity index (χ1) is 10.2. The molecule has 7 heteroatoms. The molecule has 2 aromatic rings. The van der Waals surface area contributed by atoms with Crippen molar-refractivity contribution in [3.8, 4) is 5.75 Å². The van der Waals surface area contributed by atoms with Crippen LogP contribution >= 0.6 is 23.7 Å². The number of para-hydroxylation sites is 1. The second-order valence-corrected chi connectivity index (χ2v) is 5.32. The second-order valence-electron chi connectivity index (χ2n) is 4.38. The third-order valence-corrected chi connectivity index (χ3v) is 3.78. The Hall–Kier alpha value is -1.63. The van der Waals surface area contributed by atoms with E-state index >= 15 is 0 Å². The van der Waals surface area contributed by atoms with Crippen molar-refractivity contribution < 1.29 is 9.53 Å². The van der Waals surface area contributed by atoms with Gasteiger partial charge in [0.2, 0.25) is 0 Å². The Morgan fingerprint density at radius 1 is 1.41 bits per heavy atom. The van der Waals surface area contributed by atoms with Gasteiger partial charge in [0.15, 0.2) is 0 Å². The van der Waals surface area contributed by atoms with Crippen LogP contribution in [0.3, 0.4) is 0 Å². The first-order valence-corrected chi connectivity index (χ1v) is 7.76. The van der Waals surface area contributed by atoms with E-state index < -0.39 is 0 Å². The van der Waals surface area contributed by atoms with Crippen LogP contribution in [0.1, 0.15) is 28.0 Å². The van der Waals surface area contributed by atoms with Crippen LogP contribution in [0, 0.1) is 0 Å². The van der Waals surface area contributed by atoms with E-state index in [4.69, 9.17) is 10.5 Å². The van der Waals surface area contributed by atoms with E-state index in [9.17, 15) is 4.79 Å². The molecule has 0 unspecified atom stereocenters. The number of aromatic nitrogens is 1. The first-order valence-electron chi connectivity index (χ1n) is 6.88. The normalized spacial score (nSPS) is 9.91. The lowest BCUT2D eigenvalue weighted by molar-refractivity contribution is 0.0949. The zero-order chi connectivity index (χ0) is 15.1. The first kappa shape index (κ1) is 18.4. The fourth-order valence-corrected chi connectivity index (χ4v) is 2.57. The smallest absolute Gasteiger partial charge is 0.270 e. The predicted molar refractivity (Wildman–Crippen MR) is 90.9 cm³/mol. The summed E-state index contributed by atoms with van der Waals surface area (Å²) in [5, 5.41) is 5.36. The highest BCUT2D eigenvalue weighted by molar-refractivity contribution is 7.09. The summed E-state index contributed by atoms with van der Waals surface area (Å²) in [5.41, 5.74) is 7.00. The minimum absolute atomic E-state index is 0. The maximum atomic E-state index is 11.9. The van der Waals surface area contributed by atoms with Crippen LogP contribution in [0.4, 0.5) is 0 Å². The van der Waals surface area contributed by atoms with E-state index in [0.717, 1.165) is 22.7 Å². The minimum atomic E-state index is -0.167. The minimum Gasteiger partial charge on any atom is -0.494 e. The molecule has 1 amide bonds. The van der Waals surface area contributed by atoms with Crippen molar-refractivity contribution >= 4 is 29.7 Å². The van der Waals surface area contributed by atoms with Crippen LogP contribution in [0.2, 0.25) is 0 Å². The van der Waals surface area contributed by atoms with Gasteiger partial charge in [0.1, 0.15) is 16.5 Å². The van der Waals surface area contributed by atoms with Crippen LogP contribution in [0.15, 0.2) is 29.6 Å². The number of carbonyl (C=O) groups is 1. The Morgan fingerprint density at radius 2 is 2.18 bits per heavy atom. The number of halogens is 1. The largest absolute Gasteiger partial charge is 0.494 e. The Balaban J connectivity index is 0.00000242. The molecule has 1 aromatic carbocycles. The molecule has 0 aliphatic rings. The van der Waals surface area contributed by atoms with Crippen LogP contribution in [0.25, 0.3) is 0 Å². The van der Waals surface area contributed by atoms with Crippen molar-refractivity contribution in [2.24, 2.45) is 5.73 Å². The molecule has 5 nitrogen and oxygen atoms in total. The molecule has 0 fully saturated rings. The van der Waals surface area contributed by atoms with E-state index in [1.807, 2.05) is 31.2 Å². The maximum Gasteiger partial charge on any atom is 0.270 e. The predicted octanol–water partition coefficient (Wildman–Crippen LogP) is 2.39. The molecule has 0 radical (unpaired) electrons. The zero-order valence-electron chi connectivity index (χ0n) is 12.4. The average molecular weight is 342 g/mol. The number of nitrogens with zero attached hydrogens (tertiary/aromatic N) is 1. The SMILES string of the molecule is CCOc1ccccc1CCNC(=O)c1csc(CN)n1.Cl. The van der Waals surface area contributed by atoms with Crippen molar-refractivity contribution in [2.75, 3.05) is 13.2 Å². The molecule has 0 bridgehead atoms. The average Bonchev–Trinajstić information content (AvgIpc) is 2.98. The van der Waals surface area contributed by atoms with Crippen LogP contribution in [0.5, 0.6) is 5.75 Å². The summed E-state index contributed by atoms with van der Waals surface area (Å²) in [6.45, 7) is 3.48. The number of carbonyl (C=O) groups excluding carboxylic acids is 1. The molecule has 0 aliphatic carbocycles. The summed E-state index contributed by atoms with van der Waals surface area (Å²) in [6, 6.07) is 7.85. The van der Waals surface area contributed by atoms with Gasteiger partial charge in [-0.1, -0.05) is 18.2 Å². The van der Waals surface area contributed by atoms with Gasteiger partial charge < -0.3 is 15.8 Å². The summed E-state index contributed by atoms with van der Waals surface area (Å²) in [5.74, 6) is 0.702. The number of amides is 1. The number of hydrogen-bond donors (Lipinski definition) is 2. The van der Waals surface area contributed by atoms with Crippen molar-refractivity contribution in [1.29, 1.82) is 0 Å². The monoisotopic (exact) mass is 341 g/mol. The number of nitrogens with one attached hydrogen (secondary N) is 1. The number of hydrogen-bond acceptors (Lipinski definition) is 5. The van der Waals surface area contributed by atoms with Gasteiger partial charge in [-0.15, -0.1) is 23.7 Å². The molecule has 120 valence electrons. The third-order valence-electron chi connectivity index (χ3n) is 2.91. The van der Waals surface area contributed by atoms with Crippen molar-refractivity contribution in [3.05, 3.63) is 45.9 Å². The van der Waals surface area contributed by atoms with Gasteiger partial charge in [-0.05, 0) is 25.0 Å². The molecular formula is C15H20ClN3O2S. The van der Waals surface area contributed by atoms with E-state index in [-0.39, 0.29) is 18.3 Å². The molecule has 0 saturated carbocycles. The molecule has 0 aliphatic heterocycles. The highest BCUT2D eigenvalue weighted by Crippen LogP contribution is 2.18. The summed E-state index contributed by atoms with van der Waals surface area (Å²) < 4.78 is 5.56. The van der Waals surface area contributed by atoms with Gasteiger partial charge in [-0.3, -0.25) is 4.79 Å². The maximum absolute atomic E-state index is 11.9. The highest BCUT2D eigenvalue weighted by Gasteiger charge is 2.10. The van der Waals surface area contributed by atoms with E-state index in [1.165, 1.54) is 11.3 Å². The molecule has 2 rings (SSSR count). The lowest BCUT2D eigenvalue weighted by atomic mass is 10.1. The number of rotatable bonds is 7. The summed E-state index contributed by atoms with van der Waals surface area (Å²) in [4.78, 5) is 16.1. The van der Waals surface area contributed by atoms with Crippen molar-refractivity contribution in [2.45, 2.75) is 19.9 Å². The Morgan fingerprint density at radius 3 is 2.86 bits per heavy atom. The van der Waals surface area contributed by atoms with Gasteiger partial charge in [0.25, 0.3) is 5.91 Å². The van der Waals surface area contributed by atoms with E-state index in [2.05, 4.69) is 10.3 Å². The van der Waals surface area contributed by atoms with Gasteiger partial charge >= 0.3 is 0 Å². The van der Waals surface area contributed by atoms with Gasteiger partial charge in [0.05, 0.1) is 6.61 Å². The lowest BCUT2D eigenvalue weighted by Gasteiger charge is -2.10. The van der Waals surface area contributed by atoms with Gasteiger partial charge in [-0.2, -0.15) is 0 Å². The van der Waals surface area contributed by atoms with Crippen LogP contribution in [-0.4, -0.2) is 24.0 Å². The van der Waals surface area contributed by atoms with Crippen LogP contribution in [-0.2, 0) is 13.0 Å². The molecule has 1 aromatic heterocycles. The van der Waals surface area contributed by atoms with Gasteiger partial charge in [0, 0.05) is 18.5 Å². The van der Waals surface area contributed by atoms with Crippen molar-refractivity contribution in [3.63, 3.8) is 0 Å². The number of benzene rings is 1. The Labute approximate surface area is 140 Å². The topological polar surface area (TPSA) is 77.2 Å². The number of thiazole rings is 1. The fourth-order valence-electron chi connectivity index (χ4n) is 1.92. The fraction of sp³-hybridized carbons (Fsp3) is 0.333. The summed E-state index contributed by atoms with van der Waals surface area (Å²) in [6.07, 6.45) is 0.718. The Kier molecular flexibility index (Phi) is 7.87. The van der Waals surface area contributed by atoms with E-state index in [1.54, 1.807) is 5.38 Å². The molecular weight excluding hydrogens is 322 g/mol. The number of nitrogens with two attached hydrogens (primary N) is 1. The second kappa shape index (κ2) is 9.40. The highest BCUT2D eigenvalue weighted by atomic mass is 35.5. The van der Waals surface area contributed by atoms with Crippen molar-refractivity contribution in [1.82, 2.24) is 10.3 Å². The standard InChI is InChI=1S/C15H19N3O2S.ClH/c1-2-20-13-6-4-3-5-11(13)7-8-17-15(19)12-10-21-14(9-16)18-12;/h3-6,10H,2,7-9,16H2,1H3,(H,17,19);1H. The van der Waals surface area contributed by atoms with E-state index in [0.29, 0.717) is 25.4 Å². The van der Waals surface area contributed by atoms with Gasteiger partial charge in [-0.25, -0.2) is 4.98 Å². The molecule has 22 heavy (non-hydrogen) atoms. The summed E-state index contributed by atoms with van der Waals surface area (Å²) >= 11 is 1.40. The number of ether oxygens (including phenoxy) is 1. The summed E-state index contributed by atoms with van der Waals surface area (Å²) in [7, 11) is 0. The molecule has 0 atom stereocenters. The molecule has 3 N–H and O–H groups in total. The third kappa shape index (κ3) is 4.98. The lowest BCUT2D eigenvalue weighted by Crippen LogP contribution is -2.26. The quantitative estimate of drug-likeness (QED) is 0.810. The molecule has 0 saturated heterocycles.